The zero-order valence-corrected chi connectivity index (χ0v) is 8.84. The third-order valence-electron chi connectivity index (χ3n) is 2.49. The van der Waals surface area contributed by atoms with Gasteiger partial charge in [0.1, 0.15) is 5.75 Å². The van der Waals surface area contributed by atoms with Crippen LogP contribution in [0.1, 0.15) is 25.3 Å². The Morgan fingerprint density at radius 3 is 2.71 bits per heavy atom. The van der Waals surface area contributed by atoms with Gasteiger partial charge in [-0.2, -0.15) is 0 Å². The highest BCUT2D eigenvalue weighted by atomic mass is 16.5. The number of nitrogens with one attached hydrogen (secondary N) is 1. The molecule has 1 aliphatic carbocycles. The summed E-state index contributed by atoms with van der Waals surface area (Å²) in [6.07, 6.45) is 3.96. The SMILES string of the molecule is CCc1cc(NC)cc(OC2CC2)c1. The summed E-state index contributed by atoms with van der Waals surface area (Å²) in [5, 5.41) is 3.16. The number of aryl methyl sites for hydroxylation is 1. The van der Waals surface area contributed by atoms with Crippen LogP contribution >= 0.6 is 0 Å². The lowest BCUT2D eigenvalue weighted by Crippen LogP contribution is -1.98. The zero-order chi connectivity index (χ0) is 9.97. The van der Waals surface area contributed by atoms with Crippen molar-refractivity contribution in [1.29, 1.82) is 0 Å². The summed E-state index contributed by atoms with van der Waals surface area (Å²) in [5.41, 5.74) is 2.47. The third kappa shape index (κ3) is 2.19. The fraction of sp³-hybridized carbons (Fsp3) is 0.500. The van der Waals surface area contributed by atoms with Crippen molar-refractivity contribution in [2.45, 2.75) is 32.3 Å². The number of anilines is 1. The first-order valence-electron chi connectivity index (χ1n) is 5.30. The van der Waals surface area contributed by atoms with E-state index in [4.69, 9.17) is 4.74 Å². The molecule has 76 valence electrons. The van der Waals surface area contributed by atoms with Crippen molar-refractivity contribution in [3.63, 3.8) is 0 Å². The van der Waals surface area contributed by atoms with Crippen LogP contribution in [0.25, 0.3) is 0 Å². The molecule has 0 spiro atoms. The number of hydrogen-bond acceptors (Lipinski definition) is 2. The predicted molar refractivity (Wildman–Crippen MR) is 59.0 cm³/mol. The molecule has 2 nitrogen and oxygen atoms in total. The van der Waals surface area contributed by atoms with Gasteiger partial charge in [-0.3, -0.25) is 0 Å². The van der Waals surface area contributed by atoms with Gasteiger partial charge >= 0.3 is 0 Å². The van der Waals surface area contributed by atoms with Gasteiger partial charge in [-0.1, -0.05) is 6.92 Å². The second-order valence-corrected chi connectivity index (χ2v) is 3.79. The summed E-state index contributed by atoms with van der Waals surface area (Å²) in [6, 6.07) is 6.37. The van der Waals surface area contributed by atoms with Crippen molar-refractivity contribution in [3.8, 4) is 5.75 Å². The molecule has 0 saturated heterocycles. The Balaban J connectivity index is 2.19. The lowest BCUT2D eigenvalue weighted by Gasteiger charge is -2.09. The first-order valence-corrected chi connectivity index (χ1v) is 5.30. The van der Waals surface area contributed by atoms with Crippen LogP contribution in [-0.2, 0) is 6.42 Å². The normalized spacial score (nSPS) is 15.3. The maximum Gasteiger partial charge on any atom is 0.122 e. The van der Waals surface area contributed by atoms with Gasteiger partial charge in [0.25, 0.3) is 0 Å². The van der Waals surface area contributed by atoms with Gasteiger partial charge < -0.3 is 10.1 Å². The molecule has 14 heavy (non-hydrogen) atoms. The Labute approximate surface area is 85.3 Å². The average Bonchev–Trinajstić information content (AvgIpc) is 3.01. The van der Waals surface area contributed by atoms with Gasteiger partial charge in [0.15, 0.2) is 0 Å². The molecule has 0 aromatic heterocycles. The molecule has 1 fully saturated rings. The molecule has 1 saturated carbocycles. The van der Waals surface area contributed by atoms with Crippen molar-refractivity contribution < 1.29 is 4.74 Å². The van der Waals surface area contributed by atoms with Crippen LogP contribution in [0.4, 0.5) is 5.69 Å². The first kappa shape index (κ1) is 9.38. The molecule has 0 amide bonds. The van der Waals surface area contributed by atoms with E-state index in [0.717, 1.165) is 17.9 Å². The predicted octanol–water partition coefficient (Wildman–Crippen LogP) is 2.83. The quantitative estimate of drug-likeness (QED) is 0.790. The minimum atomic E-state index is 0.479. The van der Waals surface area contributed by atoms with Gasteiger partial charge in [-0.05, 0) is 37.0 Å². The van der Waals surface area contributed by atoms with Crippen molar-refractivity contribution in [2.75, 3.05) is 12.4 Å². The molecular formula is C12H17NO. The zero-order valence-electron chi connectivity index (χ0n) is 8.84. The molecule has 1 aliphatic rings. The van der Waals surface area contributed by atoms with E-state index in [1.165, 1.54) is 18.4 Å². The van der Waals surface area contributed by atoms with E-state index in [0.29, 0.717) is 6.10 Å². The lowest BCUT2D eigenvalue weighted by molar-refractivity contribution is 0.303. The molecule has 2 rings (SSSR count). The van der Waals surface area contributed by atoms with Gasteiger partial charge in [0.2, 0.25) is 0 Å². The molecule has 0 radical (unpaired) electrons. The Kier molecular flexibility index (Phi) is 2.62. The molecule has 1 aromatic carbocycles. The largest absolute Gasteiger partial charge is 0.490 e. The Morgan fingerprint density at radius 2 is 2.14 bits per heavy atom. The molecule has 0 unspecified atom stereocenters. The van der Waals surface area contributed by atoms with Gasteiger partial charge in [0.05, 0.1) is 6.10 Å². The van der Waals surface area contributed by atoms with E-state index in [2.05, 4.69) is 30.4 Å². The van der Waals surface area contributed by atoms with Crippen molar-refractivity contribution in [1.82, 2.24) is 0 Å². The first-order chi connectivity index (χ1) is 6.81. The van der Waals surface area contributed by atoms with Crippen LogP contribution in [0.5, 0.6) is 5.75 Å². The molecule has 0 bridgehead atoms. The Bertz CT molecular complexity index is 296. The highest BCUT2D eigenvalue weighted by molar-refractivity contribution is 5.51. The Morgan fingerprint density at radius 1 is 1.36 bits per heavy atom. The molecule has 0 atom stereocenters. The summed E-state index contributed by atoms with van der Waals surface area (Å²) in [5.74, 6) is 1.01. The van der Waals surface area contributed by atoms with Crippen LogP contribution in [0.3, 0.4) is 0 Å². The highest BCUT2D eigenvalue weighted by Gasteiger charge is 2.23. The van der Waals surface area contributed by atoms with Crippen LogP contribution in [0, 0.1) is 0 Å². The van der Waals surface area contributed by atoms with E-state index < -0.39 is 0 Å². The summed E-state index contributed by atoms with van der Waals surface area (Å²) >= 11 is 0. The second kappa shape index (κ2) is 3.91. The number of hydrogen-bond donors (Lipinski definition) is 1. The molecule has 0 aliphatic heterocycles. The van der Waals surface area contributed by atoms with Gasteiger partial charge in [-0.25, -0.2) is 0 Å². The number of ether oxygens (including phenoxy) is 1. The van der Waals surface area contributed by atoms with Gasteiger partial charge in [0, 0.05) is 18.8 Å². The number of rotatable bonds is 4. The topological polar surface area (TPSA) is 21.3 Å². The average molecular weight is 191 g/mol. The minimum Gasteiger partial charge on any atom is -0.490 e. The van der Waals surface area contributed by atoms with E-state index >= 15 is 0 Å². The smallest absolute Gasteiger partial charge is 0.122 e. The highest BCUT2D eigenvalue weighted by Crippen LogP contribution is 2.29. The van der Waals surface area contributed by atoms with E-state index in [-0.39, 0.29) is 0 Å². The van der Waals surface area contributed by atoms with Crippen molar-refractivity contribution in [3.05, 3.63) is 23.8 Å². The maximum absolute atomic E-state index is 5.77. The summed E-state index contributed by atoms with van der Waals surface area (Å²) < 4.78 is 5.77. The summed E-state index contributed by atoms with van der Waals surface area (Å²) in [6.45, 7) is 2.16. The lowest BCUT2D eigenvalue weighted by atomic mass is 10.1. The van der Waals surface area contributed by atoms with Crippen LogP contribution in [-0.4, -0.2) is 13.2 Å². The third-order valence-corrected chi connectivity index (χ3v) is 2.49. The second-order valence-electron chi connectivity index (χ2n) is 3.79. The fourth-order valence-electron chi connectivity index (χ4n) is 1.46. The van der Waals surface area contributed by atoms with E-state index in [1.54, 1.807) is 0 Å². The monoisotopic (exact) mass is 191 g/mol. The summed E-state index contributed by atoms with van der Waals surface area (Å²) in [4.78, 5) is 0. The fourth-order valence-corrected chi connectivity index (χ4v) is 1.46. The number of benzene rings is 1. The standard InChI is InChI=1S/C12H17NO/c1-3-9-6-10(13-2)8-12(7-9)14-11-4-5-11/h6-8,11,13H,3-5H2,1-2H3. The summed E-state index contributed by atoms with van der Waals surface area (Å²) in [7, 11) is 1.94. The van der Waals surface area contributed by atoms with Crippen LogP contribution in [0.2, 0.25) is 0 Å². The minimum absolute atomic E-state index is 0.479. The molecule has 1 N–H and O–H groups in total. The van der Waals surface area contributed by atoms with Crippen LogP contribution in [0.15, 0.2) is 18.2 Å². The molecule has 2 heteroatoms. The van der Waals surface area contributed by atoms with Gasteiger partial charge in [-0.15, -0.1) is 0 Å². The van der Waals surface area contributed by atoms with Crippen molar-refractivity contribution in [2.24, 2.45) is 0 Å². The maximum atomic E-state index is 5.77. The van der Waals surface area contributed by atoms with E-state index in [9.17, 15) is 0 Å². The molecule has 0 heterocycles. The Hall–Kier alpha value is -1.18. The van der Waals surface area contributed by atoms with Crippen molar-refractivity contribution >= 4 is 5.69 Å². The van der Waals surface area contributed by atoms with E-state index in [1.807, 2.05) is 7.05 Å². The van der Waals surface area contributed by atoms with Crippen LogP contribution < -0.4 is 10.1 Å². The molecule has 1 aromatic rings. The molecular weight excluding hydrogens is 174 g/mol.